The Morgan fingerprint density at radius 1 is 1.16 bits per heavy atom. The fourth-order valence-corrected chi connectivity index (χ4v) is 2.57. The molecule has 3 rings (SSSR count). The van der Waals surface area contributed by atoms with Crippen LogP contribution in [0.2, 0.25) is 5.02 Å². The zero-order valence-corrected chi connectivity index (χ0v) is 11.0. The fourth-order valence-electron chi connectivity index (χ4n) is 2.30. The minimum Gasteiger partial charge on any atom is -0.445 e. The van der Waals surface area contributed by atoms with Crippen molar-refractivity contribution in [2.45, 2.75) is 6.92 Å². The molecule has 0 aliphatic rings. The van der Waals surface area contributed by atoms with Crippen molar-refractivity contribution in [3.8, 4) is 17.2 Å². The van der Waals surface area contributed by atoms with Gasteiger partial charge in [-0.2, -0.15) is 5.26 Å². The summed E-state index contributed by atoms with van der Waals surface area (Å²) in [6.45, 7) is 1.92. The zero-order valence-electron chi connectivity index (χ0n) is 10.3. The van der Waals surface area contributed by atoms with Gasteiger partial charge in [-0.1, -0.05) is 41.9 Å². The number of hydrogen-bond donors (Lipinski definition) is 0. The maximum Gasteiger partial charge on any atom is 0.212 e. The standard InChI is InChI=1S/C16H10ClNO/c1-10-7-12(17)8-13-15(11-5-3-2-4-6-11)14(9-18)19-16(10)13/h2-8H,1H3. The van der Waals surface area contributed by atoms with Gasteiger partial charge in [0, 0.05) is 16.0 Å². The summed E-state index contributed by atoms with van der Waals surface area (Å²) in [5.74, 6) is 0.326. The van der Waals surface area contributed by atoms with Gasteiger partial charge in [-0.3, -0.25) is 0 Å². The summed E-state index contributed by atoms with van der Waals surface area (Å²) in [7, 11) is 0. The summed E-state index contributed by atoms with van der Waals surface area (Å²) >= 11 is 6.11. The number of aryl methyl sites for hydroxylation is 1. The molecule has 3 heteroatoms. The van der Waals surface area contributed by atoms with E-state index >= 15 is 0 Å². The number of furan rings is 1. The van der Waals surface area contributed by atoms with Gasteiger partial charge in [0.25, 0.3) is 0 Å². The fraction of sp³-hybridized carbons (Fsp3) is 0.0625. The molecule has 0 bridgehead atoms. The molecule has 0 aliphatic heterocycles. The Labute approximate surface area is 115 Å². The average Bonchev–Trinajstić information content (AvgIpc) is 2.78. The molecule has 0 atom stereocenters. The van der Waals surface area contributed by atoms with Crippen LogP contribution < -0.4 is 0 Å². The van der Waals surface area contributed by atoms with E-state index in [4.69, 9.17) is 16.0 Å². The highest BCUT2D eigenvalue weighted by Gasteiger charge is 2.17. The maximum absolute atomic E-state index is 9.26. The highest BCUT2D eigenvalue weighted by atomic mass is 35.5. The number of fused-ring (bicyclic) bond motifs is 1. The van der Waals surface area contributed by atoms with Crippen LogP contribution in [0.4, 0.5) is 0 Å². The molecule has 0 aliphatic carbocycles. The number of rotatable bonds is 1. The van der Waals surface area contributed by atoms with E-state index in [1.165, 1.54) is 0 Å². The lowest BCUT2D eigenvalue weighted by Gasteiger charge is -2.00. The second kappa shape index (κ2) is 4.46. The van der Waals surface area contributed by atoms with E-state index in [9.17, 15) is 5.26 Å². The van der Waals surface area contributed by atoms with Crippen molar-refractivity contribution in [2.24, 2.45) is 0 Å². The molecule has 0 radical (unpaired) electrons. The third kappa shape index (κ3) is 1.89. The molecule has 1 aromatic heterocycles. The highest BCUT2D eigenvalue weighted by Crippen LogP contribution is 2.37. The zero-order chi connectivity index (χ0) is 13.4. The molecule has 0 saturated carbocycles. The van der Waals surface area contributed by atoms with E-state index in [0.29, 0.717) is 10.8 Å². The molecular weight excluding hydrogens is 258 g/mol. The van der Waals surface area contributed by atoms with Crippen LogP contribution in [0.5, 0.6) is 0 Å². The van der Waals surface area contributed by atoms with Crippen molar-refractivity contribution in [3.63, 3.8) is 0 Å². The number of benzene rings is 2. The van der Waals surface area contributed by atoms with E-state index in [0.717, 1.165) is 27.7 Å². The van der Waals surface area contributed by atoms with Crippen molar-refractivity contribution in [1.82, 2.24) is 0 Å². The average molecular weight is 268 g/mol. The van der Waals surface area contributed by atoms with Gasteiger partial charge >= 0.3 is 0 Å². The summed E-state index contributed by atoms with van der Waals surface area (Å²) in [6.07, 6.45) is 0. The predicted molar refractivity (Wildman–Crippen MR) is 76.1 cm³/mol. The van der Waals surface area contributed by atoms with Crippen LogP contribution in [0.3, 0.4) is 0 Å². The molecule has 0 saturated heterocycles. The van der Waals surface area contributed by atoms with E-state index in [2.05, 4.69) is 6.07 Å². The Morgan fingerprint density at radius 3 is 2.58 bits per heavy atom. The molecule has 0 fully saturated rings. The van der Waals surface area contributed by atoms with Crippen LogP contribution in [0, 0.1) is 18.3 Å². The van der Waals surface area contributed by atoms with Crippen LogP contribution in [-0.2, 0) is 0 Å². The van der Waals surface area contributed by atoms with Crippen molar-refractivity contribution < 1.29 is 4.42 Å². The summed E-state index contributed by atoms with van der Waals surface area (Å²) < 4.78 is 5.67. The lowest BCUT2D eigenvalue weighted by atomic mass is 10.0. The van der Waals surface area contributed by atoms with Gasteiger partial charge in [0.1, 0.15) is 11.7 Å². The molecule has 0 N–H and O–H groups in total. The van der Waals surface area contributed by atoms with Crippen molar-refractivity contribution in [3.05, 3.63) is 58.8 Å². The van der Waals surface area contributed by atoms with Gasteiger partial charge in [-0.25, -0.2) is 0 Å². The van der Waals surface area contributed by atoms with E-state index in [1.54, 1.807) is 0 Å². The number of nitriles is 1. The van der Waals surface area contributed by atoms with E-state index in [1.807, 2.05) is 49.4 Å². The smallest absolute Gasteiger partial charge is 0.212 e. The van der Waals surface area contributed by atoms with Gasteiger partial charge in [0.15, 0.2) is 0 Å². The second-order valence-electron chi connectivity index (χ2n) is 4.38. The quantitative estimate of drug-likeness (QED) is 0.627. The predicted octanol–water partition coefficient (Wildman–Crippen LogP) is 4.93. The topological polar surface area (TPSA) is 36.9 Å². The highest BCUT2D eigenvalue weighted by molar-refractivity contribution is 6.31. The van der Waals surface area contributed by atoms with Gasteiger partial charge in [-0.15, -0.1) is 0 Å². The summed E-state index contributed by atoms with van der Waals surface area (Å²) in [5.41, 5.74) is 3.42. The summed E-state index contributed by atoms with van der Waals surface area (Å²) in [6, 6.07) is 15.5. The lowest BCUT2D eigenvalue weighted by molar-refractivity contribution is 0.598. The van der Waals surface area contributed by atoms with Crippen molar-refractivity contribution >= 4 is 22.6 Å². The van der Waals surface area contributed by atoms with Gasteiger partial charge in [0.2, 0.25) is 5.76 Å². The SMILES string of the molecule is Cc1cc(Cl)cc2c(-c3ccccc3)c(C#N)oc12. The molecule has 19 heavy (non-hydrogen) atoms. The normalized spacial score (nSPS) is 10.6. The Kier molecular flexibility index (Phi) is 2.77. The molecule has 0 amide bonds. The number of nitrogens with zero attached hydrogens (tertiary/aromatic N) is 1. The van der Waals surface area contributed by atoms with Crippen LogP contribution in [0.25, 0.3) is 22.1 Å². The molecule has 2 aromatic carbocycles. The van der Waals surface area contributed by atoms with Crippen molar-refractivity contribution in [2.75, 3.05) is 0 Å². The van der Waals surface area contributed by atoms with Gasteiger partial charge in [0.05, 0.1) is 0 Å². The molecule has 0 unspecified atom stereocenters. The Bertz CT molecular complexity index is 797. The molecule has 2 nitrogen and oxygen atoms in total. The minimum atomic E-state index is 0.326. The molecule has 92 valence electrons. The first-order chi connectivity index (χ1) is 9.20. The van der Waals surface area contributed by atoms with Crippen LogP contribution in [0.15, 0.2) is 46.9 Å². The Hall–Kier alpha value is -2.24. The largest absolute Gasteiger partial charge is 0.445 e. The first kappa shape index (κ1) is 11.8. The van der Waals surface area contributed by atoms with Crippen LogP contribution in [0.1, 0.15) is 11.3 Å². The van der Waals surface area contributed by atoms with Gasteiger partial charge < -0.3 is 4.42 Å². The summed E-state index contributed by atoms with van der Waals surface area (Å²) in [4.78, 5) is 0. The maximum atomic E-state index is 9.26. The molecule has 0 spiro atoms. The van der Waals surface area contributed by atoms with Gasteiger partial charge in [-0.05, 0) is 30.2 Å². The Balaban J connectivity index is 2.44. The first-order valence-electron chi connectivity index (χ1n) is 5.89. The first-order valence-corrected chi connectivity index (χ1v) is 6.26. The minimum absolute atomic E-state index is 0.326. The van der Waals surface area contributed by atoms with E-state index < -0.39 is 0 Å². The summed E-state index contributed by atoms with van der Waals surface area (Å²) in [5, 5.41) is 10.8. The third-order valence-electron chi connectivity index (χ3n) is 3.10. The number of halogens is 1. The monoisotopic (exact) mass is 267 g/mol. The molecule has 1 heterocycles. The van der Waals surface area contributed by atoms with E-state index in [-0.39, 0.29) is 0 Å². The molecule has 3 aromatic rings. The van der Waals surface area contributed by atoms with Crippen LogP contribution >= 0.6 is 11.6 Å². The molecular formula is C16H10ClNO. The Morgan fingerprint density at radius 2 is 1.89 bits per heavy atom. The number of hydrogen-bond acceptors (Lipinski definition) is 2. The second-order valence-corrected chi connectivity index (χ2v) is 4.82. The van der Waals surface area contributed by atoms with Crippen LogP contribution in [-0.4, -0.2) is 0 Å². The third-order valence-corrected chi connectivity index (χ3v) is 3.32. The van der Waals surface area contributed by atoms with Crippen molar-refractivity contribution in [1.29, 1.82) is 5.26 Å². The lowest BCUT2D eigenvalue weighted by Crippen LogP contribution is -1.79.